The molecule has 0 amide bonds. The second kappa shape index (κ2) is 5.21. The predicted molar refractivity (Wildman–Crippen MR) is 83.7 cm³/mol. The van der Waals surface area contributed by atoms with Crippen LogP contribution in [0.4, 0.5) is 0 Å². The maximum absolute atomic E-state index is 12.1. The van der Waals surface area contributed by atoms with E-state index >= 15 is 0 Å². The highest BCUT2D eigenvalue weighted by Crippen LogP contribution is 2.34. The van der Waals surface area contributed by atoms with E-state index < -0.39 is 0 Å². The fraction of sp³-hybridized carbons (Fsp3) is 0.438. The lowest BCUT2D eigenvalue weighted by atomic mass is 9.86. The molecule has 1 saturated carbocycles. The molecule has 4 rings (SSSR count). The number of nitrogens with zero attached hydrogens (tertiary/aromatic N) is 3. The van der Waals surface area contributed by atoms with Gasteiger partial charge in [0, 0.05) is 30.4 Å². The number of hydrogen-bond acceptors (Lipinski definition) is 4. The van der Waals surface area contributed by atoms with Crippen molar-refractivity contribution in [3.05, 3.63) is 35.1 Å². The molecule has 0 bridgehead atoms. The monoisotopic (exact) mass is 298 g/mol. The molecule has 3 aromatic heterocycles. The van der Waals surface area contributed by atoms with Crippen LogP contribution in [-0.4, -0.2) is 31.2 Å². The number of pyridine rings is 1. The van der Waals surface area contributed by atoms with Gasteiger partial charge in [0.1, 0.15) is 5.65 Å². The van der Waals surface area contributed by atoms with Gasteiger partial charge in [-0.1, -0.05) is 0 Å². The minimum Gasteiger partial charge on any atom is -0.396 e. The number of aliphatic hydroxyl groups excluding tert-OH is 1. The van der Waals surface area contributed by atoms with Gasteiger partial charge < -0.3 is 14.7 Å². The number of hydrogen-bond donors (Lipinski definition) is 2. The Morgan fingerprint density at radius 1 is 1.23 bits per heavy atom. The van der Waals surface area contributed by atoms with Crippen LogP contribution in [0.1, 0.15) is 31.7 Å². The van der Waals surface area contributed by atoms with Gasteiger partial charge in [0.05, 0.1) is 17.2 Å². The summed E-state index contributed by atoms with van der Waals surface area (Å²) in [5, 5.41) is 10.8. The minimum atomic E-state index is -0.231. The summed E-state index contributed by atoms with van der Waals surface area (Å²) in [5.41, 5.74) is 1.47. The summed E-state index contributed by atoms with van der Waals surface area (Å²) in [6.07, 6.45) is 9.14. The molecule has 6 heteroatoms. The van der Waals surface area contributed by atoms with Crippen LogP contribution in [0.25, 0.3) is 21.9 Å². The molecule has 6 nitrogen and oxygen atoms in total. The van der Waals surface area contributed by atoms with Crippen LogP contribution in [0.5, 0.6) is 0 Å². The SMILES string of the molecule is O=c1ncn([C@H]2CC[C@H](CO)CC2)c2c1cnc1[nH]ccc12. The van der Waals surface area contributed by atoms with Crippen LogP contribution in [-0.2, 0) is 0 Å². The first-order valence-electron chi connectivity index (χ1n) is 7.71. The van der Waals surface area contributed by atoms with Gasteiger partial charge in [-0.15, -0.1) is 0 Å². The van der Waals surface area contributed by atoms with E-state index in [4.69, 9.17) is 0 Å². The van der Waals surface area contributed by atoms with Crippen LogP contribution < -0.4 is 5.56 Å². The van der Waals surface area contributed by atoms with Gasteiger partial charge >= 0.3 is 0 Å². The Hall–Kier alpha value is -2.21. The zero-order valence-electron chi connectivity index (χ0n) is 12.2. The lowest BCUT2D eigenvalue weighted by Gasteiger charge is -2.30. The van der Waals surface area contributed by atoms with Crippen molar-refractivity contribution in [3.63, 3.8) is 0 Å². The van der Waals surface area contributed by atoms with Gasteiger partial charge in [0.25, 0.3) is 5.56 Å². The van der Waals surface area contributed by atoms with Crippen molar-refractivity contribution in [1.82, 2.24) is 19.5 Å². The first-order chi connectivity index (χ1) is 10.8. The first-order valence-corrected chi connectivity index (χ1v) is 7.71. The molecule has 3 heterocycles. The van der Waals surface area contributed by atoms with Crippen molar-refractivity contribution in [1.29, 1.82) is 0 Å². The zero-order valence-corrected chi connectivity index (χ0v) is 12.2. The van der Waals surface area contributed by atoms with E-state index in [9.17, 15) is 9.90 Å². The maximum atomic E-state index is 12.1. The van der Waals surface area contributed by atoms with Crippen molar-refractivity contribution < 1.29 is 5.11 Å². The highest BCUT2D eigenvalue weighted by Gasteiger charge is 2.23. The lowest BCUT2D eigenvalue weighted by Crippen LogP contribution is -2.23. The van der Waals surface area contributed by atoms with Crippen LogP contribution in [0.2, 0.25) is 0 Å². The third kappa shape index (κ3) is 2.02. The quantitative estimate of drug-likeness (QED) is 0.758. The number of aromatic nitrogens is 4. The molecule has 0 unspecified atom stereocenters. The normalized spacial score (nSPS) is 22.4. The van der Waals surface area contributed by atoms with Crippen LogP contribution in [0.3, 0.4) is 0 Å². The van der Waals surface area contributed by atoms with E-state index in [1.54, 1.807) is 12.5 Å². The third-order valence-electron chi connectivity index (χ3n) is 4.81. The third-order valence-corrected chi connectivity index (χ3v) is 4.81. The van der Waals surface area contributed by atoms with Crippen molar-refractivity contribution in [3.8, 4) is 0 Å². The smallest absolute Gasteiger partial charge is 0.282 e. The van der Waals surface area contributed by atoms with Gasteiger partial charge in [-0.05, 0) is 37.7 Å². The summed E-state index contributed by atoms with van der Waals surface area (Å²) in [7, 11) is 0. The standard InChI is InChI=1S/C16H18N4O2/c21-8-10-1-3-11(4-2-10)20-9-19-16(22)13-7-18-15-12(14(13)20)5-6-17-15/h5-7,9-11,21H,1-4,8H2,(H,17,18)/t10-,11-. The molecule has 0 spiro atoms. The van der Waals surface area contributed by atoms with Crippen molar-refractivity contribution in [2.45, 2.75) is 31.7 Å². The summed E-state index contributed by atoms with van der Waals surface area (Å²) in [4.78, 5) is 23.5. The predicted octanol–water partition coefficient (Wildman–Crippen LogP) is 2.00. The number of nitrogens with one attached hydrogen (secondary N) is 1. The Kier molecular flexibility index (Phi) is 3.18. The molecule has 0 atom stereocenters. The van der Waals surface area contributed by atoms with Gasteiger partial charge in [0.15, 0.2) is 0 Å². The first kappa shape index (κ1) is 13.5. The Morgan fingerprint density at radius 3 is 2.82 bits per heavy atom. The van der Waals surface area contributed by atoms with E-state index in [2.05, 4.69) is 19.5 Å². The Morgan fingerprint density at radius 2 is 2.05 bits per heavy atom. The molecule has 1 fully saturated rings. The molecule has 22 heavy (non-hydrogen) atoms. The van der Waals surface area contributed by atoms with Crippen LogP contribution in [0, 0.1) is 5.92 Å². The molecule has 2 N–H and O–H groups in total. The molecular weight excluding hydrogens is 280 g/mol. The zero-order chi connectivity index (χ0) is 15.1. The van der Waals surface area contributed by atoms with Crippen molar-refractivity contribution in [2.24, 2.45) is 5.92 Å². The highest BCUT2D eigenvalue weighted by molar-refractivity contribution is 6.01. The molecule has 114 valence electrons. The largest absolute Gasteiger partial charge is 0.396 e. The minimum absolute atomic E-state index is 0.231. The number of rotatable bonds is 2. The molecule has 0 aliphatic heterocycles. The van der Waals surface area contributed by atoms with Crippen molar-refractivity contribution >= 4 is 21.9 Å². The number of aliphatic hydroxyl groups is 1. The van der Waals surface area contributed by atoms with E-state index in [0.29, 0.717) is 17.3 Å². The number of aromatic amines is 1. The fourth-order valence-electron chi connectivity index (χ4n) is 3.55. The van der Waals surface area contributed by atoms with Crippen molar-refractivity contribution in [2.75, 3.05) is 6.61 Å². The van der Waals surface area contributed by atoms with Gasteiger partial charge in [-0.2, -0.15) is 4.98 Å². The average Bonchev–Trinajstić information content (AvgIpc) is 3.04. The van der Waals surface area contributed by atoms with E-state index in [-0.39, 0.29) is 12.2 Å². The number of fused-ring (bicyclic) bond motifs is 3. The Bertz CT molecular complexity index is 875. The fourth-order valence-corrected chi connectivity index (χ4v) is 3.55. The second-order valence-corrected chi connectivity index (χ2v) is 6.07. The topological polar surface area (TPSA) is 83.8 Å². The van der Waals surface area contributed by atoms with E-state index in [1.807, 2.05) is 12.3 Å². The van der Waals surface area contributed by atoms with E-state index in [0.717, 1.165) is 42.2 Å². The summed E-state index contributed by atoms with van der Waals surface area (Å²) < 4.78 is 2.13. The summed E-state index contributed by atoms with van der Waals surface area (Å²) in [6, 6.07) is 2.28. The van der Waals surface area contributed by atoms with Gasteiger partial charge in [0.2, 0.25) is 0 Å². The molecule has 0 aromatic carbocycles. The number of H-pyrrole nitrogens is 1. The summed E-state index contributed by atoms with van der Waals surface area (Å²) in [6.45, 7) is 0.266. The highest BCUT2D eigenvalue weighted by atomic mass is 16.3. The van der Waals surface area contributed by atoms with E-state index in [1.165, 1.54) is 0 Å². The Balaban J connectivity index is 1.89. The summed E-state index contributed by atoms with van der Waals surface area (Å²) in [5.74, 6) is 0.406. The molecule has 0 saturated heterocycles. The molecule has 1 aliphatic carbocycles. The molecule has 0 radical (unpaired) electrons. The lowest BCUT2D eigenvalue weighted by molar-refractivity contribution is 0.169. The average molecular weight is 298 g/mol. The Labute approximate surface area is 126 Å². The molecule has 1 aliphatic rings. The molecule has 3 aromatic rings. The summed E-state index contributed by atoms with van der Waals surface area (Å²) >= 11 is 0. The van der Waals surface area contributed by atoms with Crippen LogP contribution in [0.15, 0.2) is 29.6 Å². The molecular formula is C16H18N4O2. The van der Waals surface area contributed by atoms with Gasteiger partial charge in [-0.25, -0.2) is 4.98 Å². The maximum Gasteiger partial charge on any atom is 0.282 e. The second-order valence-electron chi connectivity index (χ2n) is 6.07. The van der Waals surface area contributed by atoms with Crippen LogP contribution >= 0.6 is 0 Å². The van der Waals surface area contributed by atoms with Gasteiger partial charge in [-0.3, -0.25) is 4.79 Å².